The van der Waals surface area contributed by atoms with Gasteiger partial charge in [0, 0.05) is 22.6 Å². The molecule has 0 aliphatic heterocycles. The molecule has 4 nitrogen and oxygen atoms in total. The van der Waals surface area contributed by atoms with E-state index in [-0.39, 0.29) is 17.5 Å². The summed E-state index contributed by atoms with van der Waals surface area (Å²) >= 11 is 3.20. The van der Waals surface area contributed by atoms with Gasteiger partial charge in [0.2, 0.25) is 0 Å². The van der Waals surface area contributed by atoms with E-state index in [9.17, 15) is 14.5 Å². The van der Waals surface area contributed by atoms with Crippen molar-refractivity contribution in [2.75, 3.05) is 5.32 Å². The molecule has 6 heteroatoms. The number of hydrogen-bond acceptors (Lipinski definition) is 3. The molecule has 104 valence electrons. The van der Waals surface area contributed by atoms with Gasteiger partial charge in [-0.3, -0.25) is 10.1 Å². The first-order valence-electron chi connectivity index (χ1n) is 5.93. The lowest BCUT2D eigenvalue weighted by Gasteiger charge is -2.16. The normalized spacial score (nSPS) is 11.9. The molecule has 0 bridgehead atoms. The molecular weight excluding hydrogens is 327 g/mol. The number of anilines is 1. The largest absolute Gasteiger partial charge is 0.376 e. The summed E-state index contributed by atoms with van der Waals surface area (Å²) < 4.78 is 14.4. The molecule has 20 heavy (non-hydrogen) atoms. The minimum Gasteiger partial charge on any atom is -0.376 e. The molecule has 0 aliphatic carbocycles. The fraction of sp³-hybridized carbons (Fsp3) is 0.143. The zero-order valence-electron chi connectivity index (χ0n) is 10.6. The Morgan fingerprint density at radius 2 is 1.90 bits per heavy atom. The van der Waals surface area contributed by atoms with E-state index in [4.69, 9.17) is 0 Å². The Kier molecular flexibility index (Phi) is 4.34. The van der Waals surface area contributed by atoms with E-state index < -0.39 is 4.92 Å². The van der Waals surface area contributed by atoms with Crippen LogP contribution in [0, 0.1) is 15.9 Å². The van der Waals surface area contributed by atoms with Crippen molar-refractivity contribution in [1.82, 2.24) is 0 Å². The van der Waals surface area contributed by atoms with Crippen LogP contribution < -0.4 is 5.32 Å². The van der Waals surface area contributed by atoms with Crippen molar-refractivity contribution >= 4 is 27.3 Å². The standard InChI is InChI=1S/C14H12BrFN2O2/c1-9(10-2-5-12(6-3-10)18(19)20)17-14-7-4-11(15)8-13(14)16/h2-9,17H,1H3. The minimum absolute atomic E-state index is 0.0378. The van der Waals surface area contributed by atoms with E-state index in [0.717, 1.165) is 5.56 Å². The van der Waals surface area contributed by atoms with Gasteiger partial charge < -0.3 is 5.32 Å². The highest BCUT2D eigenvalue weighted by Crippen LogP contribution is 2.25. The Morgan fingerprint density at radius 1 is 1.25 bits per heavy atom. The summed E-state index contributed by atoms with van der Waals surface area (Å²) in [5.41, 5.74) is 1.27. The number of nitro benzene ring substituents is 1. The lowest BCUT2D eigenvalue weighted by molar-refractivity contribution is -0.384. The van der Waals surface area contributed by atoms with Crippen LogP contribution in [0.3, 0.4) is 0 Å². The van der Waals surface area contributed by atoms with Crippen LogP contribution in [0.15, 0.2) is 46.9 Å². The molecule has 2 aromatic rings. The Labute approximate surface area is 123 Å². The summed E-state index contributed by atoms with van der Waals surface area (Å²) in [5, 5.41) is 13.6. The fourth-order valence-electron chi connectivity index (χ4n) is 1.81. The SMILES string of the molecule is CC(Nc1ccc(Br)cc1F)c1ccc([N+](=O)[O-])cc1. The highest BCUT2D eigenvalue weighted by molar-refractivity contribution is 9.10. The third-order valence-electron chi connectivity index (χ3n) is 2.91. The topological polar surface area (TPSA) is 55.2 Å². The van der Waals surface area contributed by atoms with Gasteiger partial charge in [0.05, 0.1) is 10.6 Å². The summed E-state index contributed by atoms with van der Waals surface area (Å²) in [6, 6.07) is 10.8. The molecule has 1 atom stereocenters. The highest BCUT2D eigenvalue weighted by atomic mass is 79.9. The molecule has 2 rings (SSSR count). The molecule has 0 saturated carbocycles. The maximum absolute atomic E-state index is 13.7. The zero-order valence-corrected chi connectivity index (χ0v) is 12.2. The zero-order chi connectivity index (χ0) is 14.7. The fourth-order valence-corrected chi connectivity index (χ4v) is 2.14. The maximum atomic E-state index is 13.7. The number of non-ortho nitro benzene ring substituents is 1. The number of halogens is 2. The van der Waals surface area contributed by atoms with Crippen LogP contribution in [0.25, 0.3) is 0 Å². The van der Waals surface area contributed by atoms with Crippen molar-refractivity contribution in [2.45, 2.75) is 13.0 Å². The second kappa shape index (κ2) is 6.00. The predicted molar refractivity (Wildman–Crippen MR) is 79.2 cm³/mol. The molecule has 0 radical (unpaired) electrons. The van der Waals surface area contributed by atoms with Gasteiger partial charge in [0.15, 0.2) is 0 Å². The molecule has 0 saturated heterocycles. The van der Waals surface area contributed by atoms with Gasteiger partial charge in [-0.25, -0.2) is 4.39 Å². The molecule has 2 aromatic carbocycles. The predicted octanol–water partition coefficient (Wildman–Crippen LogP) is 4.67. The average Bonchev–Trinajstić information content (AvgIpc) is 2.42. The summed E-state index contributed by atoms with van der Waals surface area (Å²) in [5.74, 6) is -0.354. The highest BCUT2D eigenvalue weighted by Gasteiger charge is 2.11. The summed E-state index contributed by atoms with van der Waals surface area (Å²) in [7, 11) is 0. The van der Waals surface area contributed by atoms with Crippen LogP contribution in [0.2, 0.25) is 0 Å². The van der Waals surface area contributed by atoms with Crippen LogP contribution >= 0.6 is 15.9 Å². The third kappa shape index (κ3) is 3.33. The summed E-state index contributed by atoms with van der Waals surface area (Å²) in [6.45, 7) is 1.86. The van der Waals surface area contributed by atoms with Gasteiger partial charge in [-0.05, 0) is 30.7 Å². The first-order chi connectivity index (χ1) is 9.47. The molecule has 0 amide bonds. The van der Waals surface area contributed by atoms with Crippen LogP contribution in [0.5, 0.6) is 0 Å². The summed E-state index contributed by atoms with van der Waals surface area (Å²) in [4.78, 5) is 10.1. The van der Waals surface area contributed by atoms with E-state index >= 15 is 0 Å². The molecule has 1 N–H and O–H groups in total. The molecule has 0 heterocycles. The van der Waals surface area contributed by atoms with E-state index in [2.05, 4.69) is 21.2 Å². The van der Waals surface area contributed by atoms with E-state index in [1.54, 1.807) is 24.3 Å². The third-order valence-corrected chi connectivity index (χ3v) is 3.40. The van der Waals surface area contributed by atoms with Crippen LogP contribution in [0.4, 0.5) is 15.8 Å². The average molecular weight is 339 g/mol. The van der Waals surface area contributed by atoms with Gasteiger partial charge in [-0.15, -0.1) is 0 Å². The maximum Gasteiger partial charge on any atom is 0.269 e. The monoisotopic (exact) mass is 338 g/mol. The van der Waals surface area contributed by atoms with Crippen LogP contribution in [0.1, 0.15) is 18.5 Å². The van der Waals surface area contributed by atoms with E-state index in [1.807, 2.05) is 6.92 Å². The van der Waals surface area contributed by atoms with E-state index in [1.165, 1.54) is 18.2 Å². The van der Waals surface area contributed by atoms with Crippen molar-refractivity contribution in [1.29, 1.82) is 0 Å². The molecule has 0 fully saturated rings. The molecular formula is C14H12BrFN2O2. The minimum atomic E-state index is -0.448. The second-order valence-corrected chi connectivity index (χ2v) is 5.25. The lowest BCUT2D eigenvalue weighted by atomic mass is 10.1. The van der Waals surface area contributed by atoms with E-state index in [0.29, 0.717) is 10.2 Å². The lowest BCUT2D eigenvalue weighted by Crippen LogP contribution is -2.08. The number of nitro groups is 1. The summed E-state index contributed by atoms with van der Waals surface area (Å²) in [6.07, 6.45) is 0. The molecule has 0 aromatic heterocycles. The number of hydrogen-bond donors (Lipinski definition) is 1. The number of benzene rings is 2. The van der Waals surface area contributed by atoms with Crippen molar-refractivity contribution < 1.29 is 9.31 Å². The van der Waals surface area contributed by atoms with Gasteiger partial charge in [0.1, 0.15) is 5.82 Å². The second-order valence-electron chi connectivity index (χ2n) is 4.34. The first-order valence-corrected chi connectivity index (χ1v) is 6.72. The number of nitrogens with zero attached hydrogens (tertiary/aromatic N) is 1. The van der Waals surface area contributed by atoms with Crippen LogP contribution in [-0.4, -0.2) is 4.92 Å². The quantitative estimate of drug-likeness (QED) is 0.651. The Morgan fingerprint density at radius 3 is 2.45 bits per heavy atom. The molecule has 0 aliphatic rings. The Hall–Kier alpha value is -1.95. The first kappa shape index (κ1) is 14.5. The number of nitrogens with one attached hydrogen (secondary N) is 1. The van der Waals surface area contributed by atoms with Crippen LogP contribution in [-0.2, 0) is 0 Å². The Balaban J connectivity index is 2.15. The van der Waals surface area contributed by atoms with Gasteiger partial charge >= 0.3 is 0 Å². The number of rotatable bonds is 4. The smallest absolute Gasteiger partial charge is 0.269 e. The van der Waals surface area contributed by atoms with Gasteiger partial charge in [0.25, 0.3) is 5.69 Å². The Bertz CT molecular complexity index is 632. The van der Waals surface area contributed by atoms with Crippen molar-refractivity contribution in [3.05, 3.63) is 68.4 Å². The van der Waals surface area contributed by atoms with Crippen molar-refractivity contribution in [3.63, 3.8) is 0 Å². The molecule has 0 spiro atoms. The van der Waals surface area contributed by atoms with Gasteiger partial charge in [-0.1, -0.05) is 28.1 Å². The van der Waals surface area contributed by atoms with Crippen molar-refractivity contribution in [2.24, 2.45) is 0 Å². The van der Waals surface area contributed by atoms with Crippen molar-refractivity contribution in [3.8, 4) is 0 Å². The molecule has 1 unspecified atom stereocenters. The van der Waals surface area contributed by atoms with Gasteiger partial charge in [-0.2, -0.15) is 0 Å².